The molecule has 1 N–H and O–H groups in total. The molecule has 1 aromatic rings. The Bertz CT molecular complexity index is 451. The Kier molecular flexibility index (Phi) is 6.15. The van der Waals surface area contributed by atoms with E-state index in [1.165, 1.54) is 4.90 Å². The van der Waals surface area contributed by atoms with Crippen LogP contribution in [-0.2, 0) is 16.1 Å². The van der Waals surface area contributed by atoms with Crippen LogP contribution in [-0.4, -0.2) is 37.1 Å². The maximum absolute atomic E-state index is 11.7. The fourth-order valence-electron chi connectivity index (χ4n) is 1.45. The van der Waals surface area contributed by atoms with Gasteiger partial charge in [-0.2, -0.15) is 0 Å². The zero-order chi connectivity index (χ0) is 14.3. The van der Waals surface area contributed by atoms with Gasteiger partial charge in [0.25, 0.3) is 0 Å². The molecule has 0 saturated heterocycles. The highest BCUT2D eigenvalue weighted by atomic mass is 35.5. The summed E-state index contributed by atoms with van der Waals surface area (Å²) < 4.78 is 4.72. The van der Waals surface area contributed by atoms with E-state index in [0.717, 1.165) is 5.56 Å². The SMILES string of the molecule is CCOC(=O)CNC(=O)N(C)Cc1ccccc1Cl. The van der Waals surface area contributed by atoms with Gasteiger partial charge in [-0.1, -0.05) is 29.8 Å². The van der Waals surface area contributed by atoms with E-state index in [1.54, 1.807) is 20.0 Å². The normalized spacial score (nSPS) is 9.84. The average molecular weight is 285 g/mol. The molecule has 0 aliphatic carbocycles. The molecule has 1 rings (SSSR count). The van der Waals surface area contributed by atoms with Crippen molar-refractivity contribution < 1.29 is 14.3 Å². The van der Waals surface area contributed by atoms with Crippen LogP contribution in [0.2, 0.25) is 5.02 Å². The monoisotopic (exact) mass is 284 g/mol. The lowest BCUT2D eigenvalue weighted by Gasteiger charge is -2.18. The molecule has 19 heavy (non-hydrogen) atoms. The van der Waals surface area contributed by atoms with Gasteiger partial charge in [0.15, 0.2) is 0 Å². The Morgan fingerprint density at radius 3 is 2.68 bits per heavy atom. The highest BCUT2D eigenvalue weighted by molar-refractivity contribution is 6.31. The zero-order valence-corrected chi connectivity index (χ0v) is 11.7. The molecule has 2 amide bonds. The fraction of sp³-hybridized carbons (Fsp3) is 0.385. The van der Waals surface area contributed by atoms with Gasteiger partial charge < -0.3 is 15.0 Å². The molecule has 0 atom stereocenters. The fourth-order valence-corrected chi connectivity index (χ4v) is 1.64. The van der Waals surface area contributed by atoms with Crippen LogP contribution in [0.1, 0.15) is 12.5 Å². The predicted octanol–water partition coefficient (Wildman–Crippen LogP) is 2.04. The minimum absolute atomic E-state index is 0.139. The van der Waals surface area contributed by atoms with Gasteiger partial charge in [0.05, 0.1) is 6.61 Å². The number of hydrogen-bond donors (Lipinski definition) is 1. The number of carbonyl (C=O) groups excluding carboxylic acids is 2. The van der Waals surface area contributed by atoms with E-state index in [0.29, 0.717) is 18.2 Å². The Hall–Kier alpha value is -1.75. The summed E-state index contributed by atoms with van der Waals surface area (Å²) in [6.07, 6.45) is 0. The van der Waals surface area contributed by atoms with Crippen molar-refractivity contribution in [2.75, 3.05) is 20.2 Å². The first-order valence-corrected chi connectivity index (χ1v) is 6.30. The summed E-state index contributed by atoms with van der Waals surface area (Å²) in [7, 11) is 1.63. The highest BCUT2D eigenvalue weighted by Crippen LogP contribution is 2.16. The minimum Gasteiger partial charge on any atom is -0.465 e. The molecule has 1 aromatic carbocycles. The first-order valence-electron chi connectivity index (χ1n) is 5.92. The first-order chi connectivity index (χ1) is 9.04. The maximum atomic E-state index is 11.7. The van der Waals surface area contributed by atoms with Gasteiger partial charge in [-0.25, -0.2) is 4.79 Å². The smallest absolute Gasteiger partial charge is 0.325 e. The predicted molar refractivity (Wildman–Crippen MR) is 73.0 cm³/mol. The number of ether oxygens (including phenoxy) is 1. The Morgan fingerprint density at radius 2 is 2.05 bits per heavy atom. The Morgan fingerprint density at radius 1 is 1.37 bits per heavy atom. The van der Waals surface area contributed by atoms with E-state index in [2.05, 4.69) is 5.32 Å². The van der Waals surface area contributed by atoms with Crippen LogP contribution in [0.15, 0.2) is 24.3 Å². The van der Waals surface area contributed by atoms with E-state index >= 15 is 0 Å². The molecule has 104 valence electrons. The summed E-state index contributed by atoms with van der Waals surface area (Å²) in [5, 5.41) is 3.08. The third kappa shape index (κ3) is 5.18. The largest absolute Gasteiger partial charge is 0.465 e. The molecule has 0 saturated carbocycles. The molecule has 5 nitrogen and oxygen atoms in total. The summed E-state index contributed by atoms with van der Waals surface area (Å²) in [6, 6.07) is 6.93. The van der Waals surface area contributed by atoms with Crippen molar-refractivity contribution in [3.05, 3.63) is 34.9 Å². The quantitative estimate of drug-likeness (QED) is 0.842. The third-order valence-electron chi connectivity index (χ3n) is 2.40. The number of nitrogens with zero attached hydrogens (tertiary/aromatic N) is 1. The van der Waals surface area contributed by atoms with Gasteiger partial charge >= 0.3 is 12.0 Å². The second-order valence-electron chi connectivity index (χ2n) is 3.91. The number of benzene rings is 1. The van der Waals surface area contributed by atoms with Crippen LogP contribution in [0.25, 0.3) is 0 Å². The summed E-state index contributed by atoms with van der Waals surface area (Å²) in [4.78, 5) is 24.3. The second kappa shape index (κ2) is 7.63. The van der Waals surface area contributed by atoms with Crippen LogP contribution >= 0.6 is 11.6 Å². The van der Waals surface area contributed by atoms with Crippen molar-refractivity contribution in [2.24, 2.45) is 0 Å². The third-order valence-corrected chi connectivity index (χ3v) is 2.77. The average Bonchev–Trinajstić information content (AvgIpc) is 2.39. The van der Waals surface area contributed by atoms with E-state index in [4.69, 9.17) is 16.3 Å². The molecule has 0 aliphatic rings. The van der Waals surface area contributed by atoms with E-state index in [-0.39, 0.29) is 12.6 Å². The first kappa shape index (κ1) is 15.3. The van der Waals surface area contributed by atoms with Gasteiger partial charge in [0.1, 0.15) is 6.54 Å². The summed E-state index contributed by atoms with van der Waals surface area (Å²) in [5.41, 5.74) is 0.845. The number of urea groups is 1. The lowest BCUT2D eigenvalue weighted by Crippen LogP contribution is -2.39. The van der Waals surface area contributed by atoms with Crippen LogP contribution in [0.4, 0.5) is 4.79 Å². The molecular formula is C13H17ClN2O3. The molecule has 0 radical (unpaired) electrons. The number of hydrogen-bond acceptors (Lipinski definition) is 3. The number of amides is 2. The molecule has 0 spiro atoms. The molecule has 6 heteroatoms. The summed E-state index contributed by atoms with van der Waals surface area (Å²) in [6.45, 7) is 2.24. The van der Waals surface area contributed by atoms with E-state index in [1.807, 2.05) is 18.2 Å². The standard InChI is InChI=1S/C13H17ClN2O3/c1-3-19-12(17)8-15-13(18)16(2)9-10-6-4-5-7-11(10)14/h4-7H,3,8-9H2,1-2H3,(H,15,18). The number of rotatable bonds is 5. The van der Waals surface area contributed by atoms with Crippen molar-refractivity contribution in [1.29, 1.82) is 0 Å². The highest BCUT2D eigenvalue weighted by Gasteiger charge is 2.12. The van der Waals surface area contributed by atoms with E-state index in [9.17, 15) is 9.59 Å². The molecular weight excluding hydrogens is 268 g/mol. The van der Waals surface area contributed by atoms with Crippen molar-refractivity contribution in [3.8, 4) is 0 Å². The number of halogens is 1. The minimum atomic E-state index is -0.456. The lowest BCUT2D eigenvalue weighted by molar-refractivity contribution is -0.141. The van der Waals surface area contributed by atoms with Gasteiger partial charge in [-0.3, -0.25) is 4.79 Å². The van der Waals surface area contributed by atoms with Crippen LogP contribution in [0, 0.1) is 0 Å². The molecule has 0 bridgehead atoms. The van der Waals surface area contributed by atoms with Crippen molar-refractivity contribution in [3.63, 3.8) is 0 Å². The van der Waals surface area contributed by atoms with Gasteiger partial charge in [-0.05, 0) is 18.6 Å². The summed E-state index contributed by atoms with van der Waals surface area (Å²) in [5.74, 6) is -0.456. The van der Waals surface area contributed by atoms with Gasteiger partial charge in [0.2, 0.25) is 0 Å². The zero-order valence-electron chi connectivity index (χ0n) is 11.0. The Labute approximate surface area is 117 Å². The molecule has 0 heterocycles. The van der Waals surface area contributed by atoms with Gasteiger partial charge in [0, 0.05) is 18.6 Å². The number of carbonyl (C=O) groups is 2. The topological polar surface area (TPSA) is 58.6 Å². The molecule has 0 aliphatic heterocycles. The van der Waals surface area contributed by atoms with E-state index < -0.39 is 5.97 Å². The number of esters is 1. The van der Waals surface area contributed by atoms with Crippen LogP contribution < -0.4 is 5.32 Å². The lowest BCUT2D eigenvalue weighted by atomic mass is 10.2. The molecule has 0 aromatic heterocycles. The Balaban J connectivity index is 2.45. The van der Waals surface area contributed by atoms with Gasteiger partial charge in [-0.15, -0.1) is 0 Å². The summed E-state index contributed by atoms with van der Waals surface area (Å²) >= 11 is 6.01. The maximum Gasteiger partial charge on any atom is 0.325 e. The van der Waals surface area contributed by atoms with Crippen molar-refractivity contribution >= 4 is 23.6 Å². The van der Waals surface area contributed by atoms with Crippen molar-refractivity contribution in [2.45, 2.75) is 13.5 Å². The van der Waals surface area contributed by atoms with Crippen molar-refractivity contribution in [1.82, 2.24) is 10.2 Å². The number of nitrogens with one attached hydrogen (secondary N) is 1. The molecule has 0 unspecified atom stereocenters. The second-order valence-corrected chi connectivity index (χ2v) is 4.32. The van der Waals surface area contributed by atoms with Crippen LogP contribution in [0.3, 0.4) is 0 Å². The molecule has 0 fully saturated rings. The van der Waals surface area contributed by atoms with Crippen LogP contribution in [0.5, 0.6) is 0 Å².